The Morgan fingerprint density at radius 2 is 2.23 bits per heavy atom. The second-order valence-electron chi connectivity index (χ2n) is 2.91. The lowest BCUT2D eigenvalue weighted by atomic mass is 10.1. The monoisotopic (exact) mass is 210 g/mol. The smallest absolute Gasteiger partial charge is 0.153 e. The maximum absolute atomic E-state index is 10.7. The van der Waals surface area contributed by atoms with Gasteiger partial charge in [-0.25, -0.2) is 0 Å². The summed E-state index contributed by atoms with van der Waals surface area (Å²) in [5.74, 6) is 0. The first-order chi connectivity index (χ1) is 6.22. The SMILES string of the molecule is Cc1ccc2sc(Cl)c(C=O)c2c1. The van der Waals surface area contributed by atoms with E-state index in [-0.39, 0.29) is 0 Å². The van der Waals surface area contributed by atoms with Gasteiger partial charge in [0, 0.05) is 10.1 Å². The highest BCUT2D eigenvalue weighted by Gasteiger charge is 2.08. The molecule has 1 aromatic carbocycles. The number of aldehydes is 1. The lowest BCUT2D eigenvalue weighted by Gasteiger charge is -1.92. The summed E-state index contributed by atoms with van der Waals surface area (Å²) in [7, 11) is 0. The Morgan fingerprint density at radius 3 is 2.92 bits per heavy atom. The van der Waals surface area contributed by atoms with Crippen LogP contribution in [0.25, 0.3) is 10.1 Å². The van der Waals surface area contributed by atoms with Gasteiger partial charge in [0.1, 0.15) is 4.34 Å². The number of hydrogen-bond acceptors (Lipinski definition) is 2. The van der Waals surface area contributed by atoms with Gasteiger partial charge in [0.05, 0.1) is 5.56 Å². The van der Waals surface area contributed by atoms with Crippen molar-refractivity contribution >= 4 is 39.3 Å². The van der Waals surface area contributed by atoms with E-state index in [1.807, 2.05) is 25.1 Å². The van der Waals surface area contributed by atoms with Gasteiger partial charge in [-0.15, -0.1) is 11.3 Å². The van der Waals surface area contributed by atoms with Gasteiger partial charge in [0.2, 0.25) is 0 Å². The van der Waals surface area contributed by atoms with Crippen LogP contribution in [-0.2, 0) is 0 Å². The molecular weight excluding hydrogens is 204 g/mol. The summed E-state index contributed by atoms with van der Waals surface area (Å²) in [5, 5.41) is 0.963. The summed E-state index contributed by atoms with van der Waals surface area (Å²) in [6.07, 6.45) is 0.820. The van der Waals surface area contributed by atoms with Crippen LogP contribution in [0, 0.1) is 6.92 Å². The fourth-order valence-electron chi connectivity index (χ4n) is 1.31. The topological polar surface area (TPSA) is 17.1 Å². The van der Waals surface area contributed by atoms with Gasteiger partial charge < -0.3 is 0 Å². The van der Waals surface area contributed by atoms with Crippen molar-refractivity contribution in [3.63, 3.8) is 0 Å². The lowest BCUT2D eigenvalue weighted by molar-refractivity contribution is 0.112. The molecule has 1 heterocycles. The van der Waals surface area contributed by atoms with E-state index in [4.69, 9.17) is 11.6 Å². The maximum Gasteiger partial charge on any atom is 0.153 e. The first-order valence-corrected chi connectivity index (χ1v) is 5.05. The Bertz CT molecular complexity index is 473. The Labute approximate surface area is 84.9 Å². The minimum absolute atomic E-state index is 0.579. The highest BCUT2D eigenvalue weighted by Crippen LogP contribution is 2.34. The summed E-state index contributed by atoms with van der Waals surface area (Å²) >= 11 is 7.35. The molecule has 1 aromatic heterocycles. The van der Waals surface area contributed by atoms with Gasteiger partial charge in [-0.3, -0.25) is 4.79 Å². The molecule has 0 amide bonds. The van der Waals surface area contributed by atoms with Gasteiger partial charge in [-0.05, 0) is 19.1 Å². The van der Waals surface area contributed by atoms with Gasteiger partial charge >= 0.3 is 0 Å². The minimum atomic E-state index is 0.579. The largest absolute Gasteiger partial charge is 0.298 e. The normalized spacial score (nSPS) is 10.6. The molecule has 0 aliphatic rings. The van der Waals surface area contributed by atoms with Gasteiger partial charge in [0.15, 0.2) is 6.29 Å². The average molecular weight is 211 g/mol. The summed E-state index contributed by atoms with van der Waals surface area (Å²) in [6.45, 7) is 2.00. The Balaban J connectivity index is 2.88. The van der Waals surface area contributed by atoms with Crippen LogP contribution in [0.2, 0.25) is 4.34 Å². The molecule has 0 saturated carbocycles. The summed E-state index contributed by atoms with van der Waals surface area (Å²) in [4.78, 5) is 10.7. The van der Waals surface area contributed by atoms with Crippen molar-refractivity contribution in [2.24, 2.45) is 0 Å². The molecule has 2 aromatic rings. The van der Waals surface area contributed by atoms with E-state index in [0.717, 1.165) is 21.9 Å². The molecule has 0 spiro atoms. The van der Waals surface area contributed by atoms with Crippen molar-refractivity contribution in [2.45, 2.75) is 6.92 Å². The molecule has 0 aliphatic heterocycles. The summed E-state index contributed by atoms with van der Waals surface area (Å²) in [6, 6.07) is 6.00. The van der Waals surface area contributed by atoms with Gasteiger partial charge in [-0.1, -0.05) is 23.2 Å². The van der Waals surface area contributed by atoms with Gasteiger partial charge in [0.25, 0.3) is 0 Å². The Hall–Kier alpha value is -0.860. The molecule has 0 fully saturated rings. The number of aryl methyl sites for hydroxylation is 1. The number of thiophene rings is 1. The standard InChI is InChI=1S/C10H7ClOS/c1-6-2-3-9-7(4-6)8(5-12)10(11)13-9/h2-5H,1H3. The number of halogens is 1. The molecule has 66 valence electrons. The van der Waals surface area contributed by atoms with E-state index in [0.29, 0.717) is 9.90 Å². The number of benzene rings is 1. The third-order valence-corrected chi connectivity index (χ3v) is 3.36. The molecule has 0 bridgehead atoms. The second kappa shape index (κ2) is 3.13. The number of carbonyl (C=O) groups is 1. The molecule has 0 atom stereocenters. The molecule has 13 heavy (non-hydrogen) atoms. The van der Waals surface area contributed by atoms with Gasteiger partial charge in [-0.2, -0.15) is 0 Å². The molecule has 1 nitrogen and oxygen atoms in total. The van der Waals surface area contributed by atoms with Crippen molar-refractivity contribution in [3.8, 4) is 0 Å². The van der Waals surface area contributed by atoms with E-state index in [2.05, 4.69) is 0 Å². The molecule has 0 saturated heterocycles. The second-order valence-corrected chi connectivity index (χ2v) is 4.56. The first-order valence-electron chi connectivity index (χ1n) is 3.86. The van der Waals surface area contributed by atoms with Crippen molar-refractivity contribution in [2.75, 3.05) is 0 Å². The van der Waals surface area contributed by atoms with Crippen LogP contribution in [0.15, 0.2) is 18.2 Å². The number of hydrogen-bond donors (Lipinski definition) is 0. The molecule has 0 unspecified atom stereocenters. The zero-order chi connectivity index (χ0) is 9.42. The van der Waals surface area contributed by atoms with Crippen LogP contribution in [0.1, 0.15) is 15.9 Å². The predicted molar refractivity (Wildman–Crippen MR) is 57.0 cm³/mol. The zero-order valence-corrected chi connectivity index (χ0v) is 8.58. The zero-order valence-electron chi connectivity index (χ0n) is 7.00. The molecular formula is C10H7ClOS. The minimum Gasteiger partial charge on any atom is -0.298 e. The Morgan fingerprint density at radius 1 is 1.46 bits per heavy atom. The molecule has 0 radical (unpaired) electrons. The number of carbonyl (C=O) groups excluding carboxylic acids is 1. The average Bonchev–Trinajstić information content (AvgIpc) is 2.40. The van der Waals surface area contributed by atoms with E-state index < -0.39 is 0 Å². The highest BCUT2D eigenvalue weighted by atomic mass is 35.5. The molecule has 3 heteroatoms. The van der Waals surface area contributed by atoms with E-state index in [9.17, 15) is 4.79 Å². The van der Waals surface area contributed by atoms with E-state index in [1.54, 1.807) is 0 Å². The van der Waals surface area contributed by atoms with E-state index >= 15 is 0 Å². The highest BCUT2D eigenvalue weighted by molar-refractivity contribution is 7.23. The van der Waals surface area contributed by atoms with Crippen LogP contribution in [0.4, 0.5) is 0 Å². The molecule has 0 N–H and O–H groups in total. The quantitative estimate of drug-likeness (QED) is 0.657. The van der Waals surface area contributed by atoms with Crippen LogP contribution in [0.5, 0.6) is 0 Å². The first kappa shape index (κ1) is 8.73. The third-order valence-electron chi connectivity index (χ3n) is 1.95. The maximum atomic E-state index is 10.7. The summed E-state index contributed by atoms with van der Waals surface area (Å²) < 4.78 is 1.65. The third kappa shape index (κ3) is 1.36. The van der Waals surface area contributed by atoms with Crippen molar-refractivity contribution < 1.29 is 4.79 Å². The molecule has 0 aliphatic carbocycles. The molecule has 2 rings (SSSR count). The van der Waals surface area contributed by atoms with Crippen LogP contribution in [-0.4, -0.2) is 6.29 Å². The Kier molecular flexibility index (Phi) is 2.10. The van der Waals surface area contributed by atoms with Crippen LogP contribution in [0.3, 0.4) is 0 Å². The van der Waals surface area contributed by atoms with Crippen LogP contribution >= 0.6 is 22.9 Å². The van der Waals surface area contributed by atoms with Crippen molar-refractivity contribution in [1.29, 1.82) is 0 Å². The number of fused-ring (bicyclic) bond motifs is 1. The fourth-order valence-corrected chi connectivity index (χ4v) is 2.58. The van der Waals surface area contributed by atoms with E-state index in [1.165, 1.54) is 11.3 Å². The predicted octanol–water partition coefficient (Wildman–Crippen LogP) is 3.68. The fraction of sp³-hybridized carbons (Fsp3) is 0.100. The summed E-state index contributed by atoms with van der Waals surface area (Å²) in [5.41, 5.74) is 1.76. The lowest BCUT2D eigenvalue weighted by Crippen LogP contribution is -1.77. The van der Waals surface area contributed by atoms with Crippen molar-refractivity contribution in [1.82, 2.24) is 0 Å². The number of rotatable bonds is 1. The van der Waals surface area contributed by atoms with Crippen LogP contribution < -0.4 is 0 Å². The van der Waals surface area contributed by atoms with Crippen molar-refractivity contribution in [3.05, 3.63) is 33.7 Å².